The van der Waals surface area contributed by atoms with Gasteiger partial charge in [-0.15, -0.1) is 0 Å². The van der Waals surface area contributed by atoms with E-state index in [0.29, 0.717) is 38.2 Å². The summed E-state index contributed by atoms with van der Waals surface area (Å²) in [6.45, 7) is 0. The lowest BCUT2D eigenvalue weighted by Crippen LogP contribution is -1.91. The van der Waals surface area contributed by atoms with Crippen molar-refractivity contribution < 1.29 is 25.0 Å². The van der Waals surface area contributed by atoms with E-state index < -0.39 is 71.6 Å². The highest BCUT2D eigenvalue weighted by molar-refractivity contribution is 6.22. The Morgan fingerprint density at radius 2 is 0.800 bits per heavy atom. The quantitative estimate of drug-likeness (QED) is 0.187. The summed E-state index contributed by atoms with van der Waals surface area (Å²) in [7, 11) is 0. The molecule has 9 aromatic rings. The van der Waals surface area contributed by atoms with Gasteiger partial charge in [-0.25, -0.2) is 0 Å². The van der Waals surface area contributed by atoms with Gasteiger partial charge < -0.3 is 4.42 Å². The first-order chi connectivity index (χ1) is 28.6. The van der Waals surface area contributed by atoms with E-state index in [0.717, 1.165) is 0 Å². The van der Waals surface area contributed by atoms with Crippen molar-refractivity contribution in [1.82, 2.24) is 0 Å². The normalized spacial score (nSPS) is 16.2. The second kappa shape index (κ2) is 10.4. The van der Waals surface area contributed by atoms with Gasteiger partial charge in [0.15, 0.2) is 0 Å². The van der Waals surface area contributed by atoms with Crippen molar-refractivity contribution in [3.8, 4) is 44.5 Å². The van der Waals surface area contributed by atoms with Crippen LogP contribution in [0, 0.1) is 0 Å². The maximum Gasteiger partial charge on any atom is 0.135 e. The molecule has 0 aliphatic heterocycles. The summed E-state index contributed by atoms with van der Waals surface area (Å²) in [4.78, 5) is 0. The minimum absolute atomic E-state index is 0.0516. The van der Waals surface area contributed by atoms with Gasteiger partial charge in [0.2, 0.25) is 0 Å². The molecule has 0 bridgehead atoms. The summed E-state index contributed by atoms with van der Waals surface area (Å²) in [6, 6.07) is 15.1. The molecule has 0 spiro atoms. The first kappa shape index (κ1) is 14.7. The highest BCUT2D eigenvalue weighted by Crippen LogP contribution is 2.45. The molecule has 210 valence electrons. The second-order valence-electron chi connectivity index (χ2n) is 10.5. The van der Waals surface area contributed by atoms with Gasteiger partial charge >= 0.3 is 0 Å². The smallest absolute Gasteiger partial charge is 0.135 e. The Kier molecular flexibility index (Phi) is 3.39. The van der Waals surface area contributed by atoms with Gasteiger partial charge in [0.05, 0.1) is 20.6 Å². The summed E-state index contributed by atoms with van der Waals surface area (Å²) < 4.78 is 140. The van der Waals surface area contributed by atoms with Crippen LogP contribution in [0.25, 0.3) is 88.0 Å². The van der Waals surface area contributed by atoms with Crippen molar-refractivity contribution >= 4 is 43.5 Å². The van der Waals surface area contributed by atoms with Gasteiger partial charge in [0.1, 0.15) is 11.2 Å². The summed E-state index contributed by atoms with van der Waals surface area (Å²) in [5, 5.41) is 1.54. The zero-order valence-corrected chi connectivity index (χ0v) is 23.4. The van der Waals surface area contributed by atoms with E-state index in [1.54, 1.807) is 78.9 Å². The molecule has 0 fully saturated rings. The fraction of sp³-hybridized carbons (Fsp3) is 0. The number of fused-ring (bicyclic) bond motifs is 5. The van der Waals surface area contributed by atoms with Gasteiger partial charge in [-0.2, -0.15) is 0 Å². The molecule has 0 atom stereocenters. The molecule has 9 rings (SSSR count). The largest absolute Gasteiger partial charge is 0.456 e. The van der Waals surface area contributed by atoms with E-state index in [9.17, 15) is 6.85 Å². The molecule has 8 aromatic carbocycles. The number of rotatable bonds is 4. The molecular weight excluding hydrogens is 544 g/mol. The maximum absolute atomic E-state index is 9.78. The highest BCUT2D eigenvalue weighted by Gasteiger charge is 2.18. The molecule has 0 saturated heterocycles. The summed E-state index contributed by atoms with van der Waals surface area (Å²) >= 11 is 0. The van der Waals surface area contributed by atoms with Crippen LogP contribution in [0.1, 0.15) is 20.6 Å². The van der Waals surface area contributed by atoms with Crippen molar-refractivity contribution in [2.45, 2.75) is 0 Å². The molecule has 0 saturated carbocycles. The molecule has 0 unspecified atom stereocenters. The summed E-state index contributed by atoms with van der Waals surface area (Å²) in [5.41, 5.74) is -0.0579. The molecule has 1 aromatic heterocycles. The van der Waals surface area contributed by atoms with Crippen molar-refractivity contribution in [1.29, 1.82) is 0 Å². The number of hydrogen-bond acceptors (Lipinski definition) is 1. The van der Waals surface area contributed by atoms with Crippen LogP contribution in [0.5, 0.6) is 0 Å². The van der Waals surface area contributed by atoms with Crippen molar-refractivity contribution in [2.75, 3.05) is 0 Å². The molecule has 45 heavy (non-hydrogen) atoms. The molecule has 0 N–H and O–H groups in total. The Labute approximate surface area is 282 Å². The third kappa shape index (κ3) is 4.24. The Bertz CT molecular complexity index is 3290. The molecule has 1 nitrogen and oxygen atoms in total. The van der Waals surface area contributed by atoms with E-state index in [2.05, 4.69) is 0 Å². The molecule has 1 heterocycles. The Morgan fingerprint density at radius 3 is 1.42 bits per heavy atom. The van der Waals surface area contributed by atoms with Crippen LogP contribution in [0.2, 0.25) is 0 Å². The maximum atomic E-state index is 9.78. The summed E-state index contributed by atoms with van der Waals surface area (Å²) in [6.07, 6.45) is 0. The van der Waals surface area contributed by atoms with E-state index in [1.165, 1.54) is 0 Å². The predicted molar refractivity (Wildman–Crippen MR) is 190 cm³/mol. The lowest BCUT2D eigenvalue weighted by molar-refractivity contribution is 0.669. The minimum Gasteiger partial charge on any atom is -0.456 e. The van der Waals surface area contributed by atoms with E-state index >= 15 is 0 Å². The zero-order chi connectivity index (χ0) is 42.8. The van der Waals surface area contributed by atoms with Gasteiger partial charge in [-0.1, -0.05) is 139 Å². The van der Waals surface area contributed by atoms with E-state index in [4.69, 9.17) is 18.1 Å². The van der Waals surface area contributed by atoms with E-state index in [1.807, 2.05) is 0 Å². The van der Waals surface area contributed by atoms with Crippen LogP contribution in [0.3, 0.4) is 0 Å². The first-order valence-electron chi connectivity index (χ1n) is 21.7. The third-order valence-corrected chi connectivity index (χ3v) is 7.88. The van der Waals surface area contributed by atoms with Crippen LogP contribution >= 0.6 is 0 Å². The SMILES string of the molecule is [2H]c1c([2H])c([2H])c(-c2c([2H])c([2H])c3oc4c([2H])c([2H])c(-c5c6ccccc6c(-c6c([2H])c([2H])c([2H])c(-c7ccccc7)c6[2H])c6ccccc56)c([2H])c4c3c2[2H])c([2H])c1[2H]. The van der Waals surface area contributed by atoms with E-state index in [-0.39, 0.29) is 68.8 Å². The van der Waals surface area contributed by atoms with Crippen molar-refractivity contribution in [3.05, 3.63) is 169 Å². The van der Waals surface area contributed by atoms with Crippen LogP contribution in [-0.4, -0.2) is 0 Å². The summed E-state index contributed by atoms with van der Waals surface area (Å²) in [5.74, 6) is 0. The molecule has 0 aliphatic carbocycles. The van der Waals surface area contributed by atoms with Gasteiger partial charge in [0.25, 0.3) is 0 Å². The van der Waals surface area contributed by atoms with Crippen LogP contribution in [-0.2, 0) is 0 Å². The standard InChI is InChI=1S/C44H28O/c1-3-12-29(13-4-1)31-16-11-17-33(26-31)43-35-18-7-9-20-37(35)44(38-21-10-8-19-36(38)43)34-23-25-42-40(28-34)39-27-32(22-24-41(39)45-42)30-14-5-2-6-15-30/h1-28H/i2D,5D,6D,11D,14D,15D,16D,17D,22D,23D,24D,25D,26D,27D,28D. The molecule has 0 radical (unpaired) electrons. The van der Waals surface area contributed by atoms with Crippen LogP contribution in [0.4, 0.5) is 0 Å². The van der Waals surface area contributed by atoms with Gasteiger partial charge in [0, 0.05) is 10.8 Å². The molecule has 1 heteroatoms. The van der Waals surface area contributed by atoms with Crippen molar-refractivity contribution in [3.63, 3.8) is 0 Å². The molecule has 0 aliphatic rings. The number of benzene rings is 8. The lowest BCUT2D eigenvalue weighted by Gasteiger charge is -2.18. The third-order valence-electron chi connectivity index (χ3n) is 7.88. The molecular formula is C44H28O. The fourth-order valence-electron chi connectivity index (χ4n) is 5.91. The Morgan fingerprint density at radius 1 is 0.333 bits per heavy atom. The first-order valence-corrected chi connectivity index (χ1v) is 14.2. The van der Waals surface area contributed by atoms with Crippen LogP contribution in [0.15, 0.2) is 174 Å². The topological polar surface area (TPSA) is 13.1 Å². The average Bonchev–Trinajstić information content (AvgIpc) is 3.67. The second-order valence-corrected chi connectivity index (χ2v) is 10.5. The van der Waals surface area contributed by atoms with Gasteiger partial charge in [-0.05, 0) is 96.3 Å². The fourth-order valence-corrected chi connectivity index (χ4v) is 5.91. The average molecular weight is 588 g/mol. The minimum atomic E-state index is -0.701. The van der Waals surface area contributed by atoms with Crippen molar-refractivity contribution in [2.24, 2.45) is 0 Å². The highest BCUT2D eigenvalue weighted by atomic mass is 16.3. The number of hydrogen-bond donors (Lipinski definition) is 0. The molecule has 0 amide bonds. The predicted octanol–water partition coefficient (Wildman–Crippen LogP) is 12.6. The van der Waals surface area contributed by atoms with Crippen LogP contribution < -0.4 is 0 Å². The zero-order valence-electron chi connectivity index (χ0n) is 38.4. The Balaban J connectivity index is 1.43. The number of furan rings is 1. The Hall–Kier alpha value is -5.92. The van der Waals surface area contributed by atoms with Gasteiger partial charge in [-0.3, -0.25) is 0 Å². The lowest BCUT2D eigenvalue weighted by atomic mass is 9.85. The monoisotopic (exact) mass is 587 g/mol.